The molecule has 0 aliphatic heterocycles. The average Bonchev–Trinajstić information content (AvgIpc) is 3.21. The first-order valence-electron chi connectivity index (χ1n) is 8.40. The number of benzene rings is 1. The van der Waals surface area contributed by atoms with E-state index in [0.29, 0.717) is 31.0 Å². The first kappa shape index (κ1) is 17.2. The van der Waals surface area contributed by atoms with Crippen molar-refractivity contribution in [1.82, 2.24) is 14.8 Å². The summed E-state index contributed by atoms with van der Waals surface area (Å²) in [5.74, 6) is 3.57. The molecule has 132 valence electrons. The topological polar surface area (TPSA) is 73.3 Å². The van der Waals surface area contributed by atoms with Crippen LogP contribution in [0.2, 0.25) is 0 Å². The Bertz CT molecular complexity index is 838. The minimum absolute atomic E-state index is 0.405. The predicted octanol–water partition coefficient (Wildman–Crippen LogP) is 3.22. The van der Waals surface area contributed by atoms with Gasteiger partial charge in [0.05, 0.1) is 19.8 Å². The molecule has 0 aliphatic rings. The Labute approximate surface area is 147 Å². The second-order valence-electron chi connectivity index (χ2n) is 6.03. The second-order valence-corrected chi connectivity index (χ2v) is 6.03. The molecule has 3 aromatic rings. The van der Waals surface area contributed by atoms with E-state index in [9.17, 15) is 5.11 Å². The summed E-state index contributed by atoms with van der Waals surface area (Å²) < 4.78 is 12.7. The first-order chi connectivity index (χ1) is 12.1. The largest absolute Gasteiger partial charge is 0.497 e. The zero-order valence-corrected chi connectivity index (χ0v) is 14.8. The van der Waals surface area contributed by atoms with Gasteiger partial charge in [-0.05, 0) is 43.2 Å². The van der Waals surface area contributed by atoms with E-state index in [2.05, 4.69) is 10.1 Å². The van der Waals surface area contributed by atoms with Gasteiger partial charge in [-0.1, -0.05) is 19.1 Å². The molecule has 6 heteroatoms. The summed E-state index contributed by atoms with van der Waals surface area (Å²) in [6.07, 6.45) is 0.797. The highest BCUT2D eigenvalue weighted by atomic mass is 16.5. The number of aromatic nitrogens is 3. The van der Waals surface area contributed by atoms with Crippen LogP contribution in [0.15, 0.2) is 40.8 Å². The van der Waals surface area contributed by atoms with E-state index in [4.69, 9.17) is 9.15 Å². The number of nitrogens with zero attached hydrogens (tertiary/aromatic N) is 3. The van der Waals surface area contributed by atoms with Crippen LogP contribution in [0, 0.1) is 6.92 Å². The van der Waals surface area contributed by atoms with Gasteiger partial charge in [0.1, 0.15) is 17.3 Å². The lowest BCUT2D eigenvalue weighted by Gasteiger charge is -2.10. The molecule has 0 spiro atoms. The molecule has 25 heavy (non-hydrogen) atoms. The number of ether oxygens (including phenoxy) is 1. The third-order valence-corrected chi connectivity index (χ3v) is 4.06. The Balaban J connectivity index is 1.93. The predicted molar refractivity (Wildman–Crippen MR) is 94.6 cm³/mol. The molecule has 0 radical (unpaired) electrons. The molecule has 3 rings (SSSR count). The fraction of sp³-hybridized carbons (Fsp3) is 0.368. The van der Waals surface area contributed by atoms with Gasteiger partial charge in [-0.25, -0.2) is 9.67 Å². The normalized spacial score (nSPS) is 12.3. The van der Waals surface area contributed by atoms with E-state index in [1.807, 2.05) is 50.2 Å². The smallest absolute Gasteiger partial charge is 0.217 e. The maximum atomic E-state index is 10.0. The number of hydrogen-bond acceptors (Lipinski definition) is 5. The van der Waals surface area contributed by atoms with Gasteiger partial charge in [0.2, 0.25) is 5.82 Å². The van der Waals surface area contributed by atoms with Crippen LogP contribution in [0.25, 0.3) is 11.6 Å². The standard InChI is InChI=1S/C19H23N3O3/c1-4-15(23)12-22-18(11-14-6-5-7-16(10-14)24-3)20-19(21-22)17-9-8-13(2)25-17/h5-10,15,23H,4,11-12H2,1-3H3/t15-/m1/s1. The number of methoxy groups -OCH3 is 1. The van der Waals surface area contributed by atoms with Gasteiger partial charge in [-0.3, -0.25) is 0 Å². The van der Waals surface area contributed by atoms with Crippen molar-refractivity contribution in [3.63, 3.8) is 0 Å². The fourth-order valence-corrected chi connectivity index (χ4v) is 2.60. The molecule has 1 atom stereocenters. The summed E-state index contributed by atoms with van der Waals surface area (Å²) in [5.41, 5.74) is 1.07. The monoisotopic (exact) mass is 341 g/mol. The average molecular weight is 341 g/mol. The van der Waals surface area contributed by atoms with Gasteiger partial charge in [0, 0.05) is 6.42 Å². The van der Waals surface area contributed by atoms with Gasteiger partial charge in [0.25, 0.3) is 0 Å². The number of rotatable bonds is 7. The Morgan fingerprint density at radius 2 is 2.12 bits per heavy atom. The number of aliphatic hydroxyl groups excluding tert-OH is 1. The van der Waals surface area contributed by atoms with Gasteiger partial charge >= 0.3 is 0 Å². The number of aryl methyl sites for hydroxylation is 1. The molecule has 0 amide bonds. The van der Waals surface area contributed by atoms with Crippen molar-refractivity contribution in [2.45, 2.75) is 39.3 Å². The van der Waals surface area contributed by atoms with Crippen molar-refractivity contribution in [3.8, 4) is 17.3 Å². The molecule has 1 aromatic carbocycles. The second kappa shape index (κ2) is 7.53. The Kier molecular flexibility index (Phi) is 5.19. The van der Waals surface area contributed by atoms with E-state index >= 15 is 0 Å². The summed E-state index contributed by atoms with van der Waals surface area (Å²) in [5, 5.41) is 14.6. The van der Waals surface area contributed by atoms with Gasteiger partial charge in [-0.2, -0.15) is 0 Å². The van der Waals surface area contributed by atoms with Gasteiger partial charge in [0.15, 0.2) is 5.76 Å². The highest BCUT2D eigenvalue weighted by Gasteiger charge is 2.16. The van der Waals surface area contributed by atoms with E-state index in [0.717, 1.165) is 22.9 Å². The van der Waals surface area contributed by atoms with Crippen LogP contribution >= 0.6 is 0 Å². The van der Waals surface area contributed by atoms with Crippen molar-refractivity contribution >= 4 is 0 Å². The third kappa shape index (κ3) is 4.09. The van der Waals surface area contributed by atoms with E-state index in [1.54, 1.807) is 11.8 Å². The van der Waals surface area contributed by atoms with Crippen LogP contribution < -0.4 is 4.74 Å². The quantitative estimate of drug-likeness (QED) is 0.714. The lowest BCUT2D eigenvalue weighted by molar-refractivity contribution is 0.144. The van der Waals surface area contributed by atoms with Crippen LogP contribution in [0.1, 0.15) is 30.5 Å². The van der Waals surface area contributed by atoms with Crippen molar-refractivity contribution < 1.29 is 14.3 Å². The lowest BCUT2D eigenvalue weighted by Crippen LogP contribution is -2.18. The molecule has 2 heterocycles. The third-order valence-electron chi connectivity index (χ3n) is 4.06. The van der Waals surface area contributed by atoms with Crippen LogP contribution in [0.4, 0.5) is 0 Å². The summed E-state index contributed by atoms with van der Waals surface area (Å²) in [6, 6.07) is 11.6. The molecule has 0 unspecified atom stereocenters. The minimum Gasteiger partial charge on any atom is -0.497 e. The Hall–Kier alpha value is -2.60. The molecule has 2 aromatic heterocycles. The van der Waals surface area contributed by atoms with Crippen molar-refractivity contribution in [3.05, 3.63) is 53.5 Å². The Morgan fingerprint density at radius 1 is 1.28 bits per heavy atom. The summed E-state index contributed by atoms with van der Waals surface area (Å²) in [7, 11) is 1.65. The molecule has 0 fully saturated rings. The molecular weight excluding hydrogens is 318 g/mol. The molecule has 6 nitrogen and oxygen atoms in total. The summed E-state index contributed by atoms with van der Waals surface area (Å²) in [6.45, 7) is 4.24. The Morgan fingerprint density at radius 3 is 2.80 bits per heavy atom. The zero-order valence-electron chi connectivity index (χ0n) is 14.8. The minimum atomic E-state index is -0.461. The highest BCUT2D eigenvalue weighted by molar-refractivity contribution is 5.46. The number of furan rings is 1. The van der Waals surface area contributed by atoms with Gasteiger partial charge in [-0.15, -0.1) is 5.10 Å². The summed E-state index contributed by atoms with van der Waals surface area (Å²) in [4.78, 5) is 4.64. The van der Waals surface area contributed by atoms with E-state index < -0.39 is 6.10 Å². The van der Waals surface area contributed by atoms with Crippen molar-refractivity contribution in [2.24, 2.45) is 0 Å². The SMILES string of the molecule is CC[C@@H](O)Cn1nc(-c2ccc(C)o2)nc1Cc1cccc(OC)c1. The summed E-state index contributed by atoms with van der Waals surface area (Å²) >= 11 is 0. The van der Waals surface area contributed by atoms with Crippen LogP contribution in [0.3, 0.4) is 0 Å². The van der Waals surface area contributed by atoms with E-state index in [-0.39, 0.29) is 0 Å². The van der Waals surface area contributed by atoms with Crippen molar-refractivity contribution in [1.29, 1.82) is 0 Å². The molecule has 0 saturated carbocycles. The van der Waals surface area contributed by atoms with E-state index in [1.165, 1.54) is 0 Å². The molecule has 0 bridgehead atoms. The first-order valence-corrected chi connectivity index (χ1v) is 8.40. The number of aliphatic hydroxyl groups is 1. The highest BCUT2D eigenvalue weighted by Crippen LogP contribution is 2.21. The molecule has 1 N–H and O–H groups in total. The maximum Gasteiger partial charge on any atom is 0.217 e. The molecule has 0 saturated heterocycles. The zero-order chi connectivity index (χ0) is 17.8. The number of hydrogen-bond donors (Lipinski definition) is 1. The lowest BCUT2D eigenvalue weighted by atomic mass is 10.1. The van der Waals surface area contributed by atoms with Crippen LogP contribution in [-0.4, -0.2) is 33.1 Å². The van der Waals surface area contributed by atoms with Crippen LogP contribution in [0.5, 0.6) is 5.75 Å². The fourth-order valence-electron chi connectivity index (χ4n) is 2.60. The molecule has 0 aliphatic carbocycles. The van der Waals surface area contributed by atoms with Gasteiger partial charge < -0.3 is 14.3 Å². The molecular formula is C19H23N3O3. The maximum absolute atomic E-state index is 10.0. The van der Waals surface area contributed by atoms with Crippen molar-refractivity contribution in [2.75, 3.05) is 7.11 Å². The van der Waals surface area contributed by atoms with Crippen LogP contribution in [-0.2, 0) is 13.0 Å².